The van der Waals surface area contributed by atoms with Crippen molar-refractivity contribution in [2.75, 3.05) is 6.61 Å². The minimum atomic E-state index is -4.53. The van der Waals surface area contributed by atoms with Crippen LogP contribution < -0.4 is 0 Å². The molecular weight excluding hydrogens is 359 g/mol. The zero-order chi connectivity index (χ0) is 19.9. The number of carbonyl (C=O) groups is 1. The van der Waals surface area contributed by atoms with Gasteiger partial charge in [0.15, 0.2) is 11.3 Å². The smallest absolute Gasteiger partial charge is 0.417 e. The van der Waals surface area contributed by atoms with E-state index in [2.05, 4.69) is 10.1 Å². The summed E-state index contributed by atoms with van der Waals surface area (Å²) in [6.45, 7) is 6.67. The Labute approximate surface area is 153 Å². The second kappa shape index (κ2) is 6.68. The molecule has 27 heavy (non-hydrogen) atoms. The maximum atomic E-state index is 13.7. The molecule has 0 aliphatic rings. The summed E-state index contributed by atoms with van der Waals surface area (Å²) in [5, 5.41) is 4.34. The Bertz CT molecular complexity index is 1040. The lowest BCUT2D eigenvalue weighted by molar-refractivity contribution is -0.137. The number of carbonyl (C=O) groups excluding carboxylic acids is 1. The van der Waals surface area contributed by atoms with E-state index >= 15 is 0 Å². The molecule has 0 saturated heterocycles. The minimum Gasteiger partial charge on any atom is -0.461 e. The van der Waals surface area contributed by atoms with Crippen LogP contribution in [0.2, 0.25) is 0 Å². The van der Waals surface area contributed by atoms with Crippen molar-refractivity contribution in [2.24, 2.45) is 0 Å². The van der Waals surface area contributed by atoms with Crippen molar-refractivity contribution < 1.29 is 22.7 Å². The van der Waals surface area contributed by atoms with E-state index in [-0.39, 0.29) is 29.1 Å². The number of aromatic nitrogens is 3. The maximum absolute atomic E-state index is 13.7. The van der Waals surface area contributed by atoms with Crippen LogP contribution in [0.25, 0.3) is 16.9 Å². The van der Waals surface area contributed by atoms with Gasteiger partial charge in [0.1, 0.15) is 0 Å². The number of nitrogens with zero attached hydrogens (tertiary/aromatic N) is 3. The minimum absolute atomic E-state index is 0.0338. The number of ether oxygens (including phenoxy) is 1. The Morgan fingerprint density at radius 1 is 1.19 bits per heavy atom. The SMILES string of the molecule is CCOC(=O)c1cnc2c(C)c(C)c(-c3cccc(C)c3C(F)(F)F)nn12. The highest BCUT2D eigenvalue weighted by molar-refractivity contribution is 5.88. The third-order valence-corrected chi connectivity index (χ3v) is 4.49. The summed E-state index contributed by atoms with van der Waals surface area (Å²) >= 11 is 0. The predicted molar refractivity (Wildman–Crippen MR) is 93.6 cm³/mol. The van der Waals surface area contributed by atoms with Gasteiger partial charge < -0.3 is 4.74 Å². The summed E-state index contributed by atoms with van der Waals surface area (Å²) < 4.78 is 47.2. The fourth-order valence-electron chi connectivity index (χ4n) is 3.06. The van der Waals surface area contributed by atoms with Gasteiger partial charge in [-0.15, -0.1) is 0 Å². The lowest BCUT2D eigenvalue weighted by Gasteiger charge is -2.17. The van der Waals surface area contributed by atoms with Crippen molar-refractivity contribution in [1.82, 2.24) is 14.6 Å². The van der Waals surface area contributed by atoms with Gasteiger partial charge >= 0.3 is 12.1 Å². The molecule has 0 bridgehead atoms. The van der Waals surface area contributed by atoms with Crippen LogP contribution in [-0.4, -0.2) is 27.2 Å². The van der Waals surface area contributed by atoms with Gasteiger partial charge in [0.05, 0.1) is 24.1 Å². The van der Waals surface area contributed by atoms with Gasteiger partial charge in [-0.05, 0) is 44.4 Å². The normalized spacial score (nSPS) is 11.8. The molecule has 0 atom stereocenters. The van der Waals surface area contributed by atoms with Gasteiger partial charge in [-0.2, -0.15) is 18.3 Å². The van der Waals surface area contributed by atoms with Crippen molar-refractivity contribution >= 4 is 11.6 Å². The Balaban J connectivity index is 2.34. The Morgan fingerprint density at radius 2 is 1.89 bits per heavy atom. The largest absolute Gasteiger partial charge is 0.461 e. The van der Waals surface area contributed by atoms with E-state index in [9.17, 15) is 18.0 Å². The first-order chi connectivity index (χ1) is 12.7. The molecule has 0 saturated carbocycles. The molecule has 0 amide bonds. The van der Waals surface area contributed by atoms with Crippen LogP contribution in [-0.2, 0) is 10.9 Å². The van der Waals surface area contributed by atoms with Crippen molar-refractivity contribution in [3.05, 3.63) is 52.3 Å². The summed E-state index contributed by atoms with van der Waals surface area (Å²) in [6.07, 6.45) is -3.21. The number of esters is 1. The van der Waals surface area contributed by atoms with Crippen molar-refractivity contribution in [1.29, 1.82) is 0 Å². The van der Waals surface area contributed by atoms with E-state index in [4.69, 9.17) is 4.74 Å². The number of benzene rings is 1. The van der Waals surface area contributed by atoms with Gasteiger partial charge in [-0.3, -0.25) is 0 Å². The zero-order valence-electron chi connectivity index (χ0n) is 15.3. The summed E-state index contributed by atoms with van der Waals surface area (Å²) in [4.78, 5) is 16.3. The van der Waals surface area contributed by atoms with Crippen LogP contribution in [0.4, 0.5) is 13.2 Å². The highest BCUT2D eigenvalue weighted by atomic mass is 19.4. The van der Waals surface area contributed by atoms with Crippen molar-refractivity contribution in [3.63, 3.8) is 0 Å². The first kappa shape index (κ1) is 18.9. The lowest BCUT2D eigenvalue weighted by atomic mass is 9.95. The predicted octanol–water partition coefficient (Wildman–Crippen LogP) is 4.52. The molecule has 142 valence electrons. The highest BCUT2D eigenvalue weighted by Crippen LogP contribution is 2.40. The van der Waals surface area contributed by atoms with Gasteiger partial charge in [0, 0.05) is 5.56 Å². The quantitative estimate of drug-likeness (QED) is 0.630. The number of hydrogen-bond donors (Lipinski definition) is 0. The summed E-state index contributed by atoms with van der Waals surface area (Å²) in [5.74, 6) is -0.632. The number of alkyl halides is 3. The van der Waals surface area contributed by atoms with Gasteiger partial charge in [0.25, 0.3) is 0 Å². The molecule has 2 heterocycles. The molecule has 3 aromatic rings. The monoisotopic (exact) mass is 377 g/mol. The summed E-state index contributed by atoms with van der Waals surface area (Å²) in [7, 11) is 0. The molecule has 0 radical (unpaired) electrons. The summed E-state index contributed by atoms with van der Waals surface area (Å²) in [5.41, 5.74) is 1.17. The van der Waals surface area contributed by atoms with Crippen LogP contribution in [0.5, 0.6) is 0 Å². The Hall–Kier alpha value is -2.90. The van der Waals surface area contributed by atoms with Crippen LogP contribution in [0, 0.1) is 20.8 Å². The lowest BCUT2D eigenvalue weighted by Crippen LogP contribution is -2.14. The van der Waals surface area contributed by atoms with Crippen molar-refractivity contribution in [3.8, 4) is 11.3 Å². The number of halogens is 3. The number of imidazole rings is 1. The Kier molecular flexibility index (Phi) is 4.67. The van der Waals surface area contributed by atoms with Crippen LogP contribution in [0.1, 0.15) is 39.7 Å². The Morgan fingerprint density at radius 3 is 2.52 bits per heavy atom. The third kappa shape index (κ3) is 3.15. The molecule has 8 heteroatoms. The second-order valence-corrected chi connectivity index (χ2v) is 6.19. The van der Waals surface area contributed by atoms with Crippen molar-refractivity contribution in [2.45, 2.75) is 33.9 Å². The first-order valence-electron chi connectivity index (χ1n) is 8.36. The van der Waals surface area contributed by atoms with Crippen LogP contribution in [0.15, 0.2) is 24.4 Å². The van der Waals surface area contributed by atoms with E-state index < -0.39 is 17.7 Å². The van der Waals surface area contributed by atoms with E-state index in [1.807, 2.05) is 0 Å². The number of rotatable bonds is 3. The molecule has 1 aromatic carbocycles. The fraction of sp³-hybridized carbons (Fsp3) is 0.316. The molecule has 0 unspecified atom stereocenters. The highest BCUT2D eigenvalue weighted by Gasteiger charge is 2.36. The van der Waals surface area contributed by atoms with Gasteiger partial charge in [-0.1, -0.05) is 18.2 Å². The number of fused-ring (bicyclic) bond motifs is 1. The third-order valence-electron chi connectivity index (χ3n) is 4.49. The molecule has 0 fully saturated rings. The molecule has 0 aliphatic carbocycles. The topological polar surface area (TPSA) is 56.5 Å². The molecule has 3 rings (SSSR count). The molecule has 2 aromatic heterocycles. The number of hydrogen-bond acceptors (Lipinski definition) is 4. The first-order valence-corrected chi connectivity index (χ1v) is 8.36. The molecule has 5 nitrogen and oxygen atoms in total. The molecular formula is C19H18F3N3O2. The van der Waals surface area contributed by atoms with Crippen LogP contribution >= 0.6 is 0 Å². The van der Waals surface area contributed by atoms with Crippen LogP contribution in [0.3, 0.4) is 0 Å². The summed E-state index contributed by atoms with van der Waals surface area (Å²) in [6, 6.07) is 4.35. The average Bonchev–Trinajstić information content (AvgIpc) is 3.01. The average molecular weight is 377 g/mol. The molecule has 0 spiro atoms. The standard InChI is InChI=1S/C19H18F3N3O2/c1-5-27-18(26)14-9-23-17-12(4)11(3)16(24-25(14)17)13-8-6-7-10(2)15(13)19(20,21)22/h6-9H,5H2,1-4H3. The maximum Gasteiger partial charge on any atom is 0.417 e. The fourth-order valence-corrected chi connectivity index (χ4v) is 3.06. The van der Waals surface area contributed by atoms with E-state index in [1.54, 1.807) is 26.8 Å². The second-order valence-electron chi connectivity index (χ2n) is 6.19. The van der Waals surface area contributed by atoms with Gasteiger partial charge in [-0.25, -0.2) is 14.3 Å². The molecule has 0 aliphatic heterocycles. The van der Waals surface area contributed by atoms with E-state index in [1.165, 1.54) is 29.8 Å². The molecule has 0 N–H and O–H groups in total. The number of aryl methyl sites for hydroxylation is 2. The zero-order valence-corrected chi connectivity index (χ0v) is 15.3. The van der Waals surface area contributed by atoms with Gasteiger partial charge in [0.2, 0.25) is 0 Å². The van der Waals surface area contributed by atoms with E-state index in [0.717, 1.165) is 0 Å². The van der Waals surface area contributed by atoms with E-state index in [0.29, 0.717) is 16.8 Å².